The van der Waals surface area contributed by atoms with Gasteiger partial charge in [-0.1, -0.05) is 0 Å². The molecule has 2 heterocycles. The van der Waals surface area contributed by atoms with Gasteiger partial charge in [-0.05, 0) is 6.42 Å². The summed E-state index contributed by atoms with van der Waals surface area (Å²) in [6, 6.07) is 0.362. The highest BCUT2D eigenvalue weighted by Gasteiger charge is 2.40. The van der Waals surface area contributed by atoms with Crippen molar-refractivity contribution < 1.29 is 9.53 Å². The molecular weight excluding hydrogens is 144 g/mol. The molecule has 2 fully saturated rings. The van der Waals surface area contributed by atoms with Gasteiger partial charge in [0, 0.05) is 13.6 Å². The predicted octanol–water partition coefficient (Wildman–Crippen LogP) is -0.201. The zero-order valence-corrected chi connectivity index (χ0v) is 6.54. The van der Waals surface area contributed by atoms with Crippen LogP contribution in [0.15, 0.2) is 0 Å². The molecule has 1 N–H and O–H groups in total. The molecule has 0 aromatic heterocycles. The third-order valence-corrected chi connectivity index (χ3v) is 2.38. The third-order valence-electron chi connectivity index (χ3n) is 2.38. The average Bonchev–Trinajstić information content (AvgIpc) is 2.62. The molecule has 4 heteroatoms. The number of hydrogen-bond donors (Lipinski definition) is 1. The summed E-state index contributed by atoms with van der Waals surface area (Å²) in [5, 5.41) is 2.62. The van der Waals surface area contributed by atoms with Crippen molar-refractivity contribution in [2.75, 3.05) is 20.2 Å². The van der Waals surface area contributed by atoms with Gasteiger partial charge in [-0.15, -0.1) is 0 Å². The van der Waals surface area contributed by atoms with E-state index in [-0.39, 0.29) is 6.03 Å². The number of ether oxygens (including phenoxy) is 1. The third kappa shape index (κ3) is 0.976. The molecule has 11 heavy (non-hydrogen) atoms. The van der Waals surface area contributed by atoms with Gasteiger partial charge in [0.05, 0.1) is 18.8 Å². The number of hydrogen-bond acceptors (Lipinski definition) is 2. The quantitative estimate of drug-likeness (QED) is 0.527. The highest BCUT2D eigenvalue weighted by atomic mass is 16.5. The van der Waals surface area contributed by atoms with E-state index in [2.05, 4.69) is 5.32 Å². The topological polar surface area (TPSA) is 41.6 Å². The summed E-state index contributed by atoms with van der Waals surface area (Å²) in [6.07, 6.45) is 1.32. The molecule has 2 saturated heterocycles. The molecule has 2 unspecified atom stereocenters. The molecule has 0 saturated carbocycles. The van der Waals surface area contributed by atoms with Gasteiger partial charge in [-0.25, -0.2) is 4.79 Å². The fourth-order valence-electron chi connectivity index (χ4n) is 1.79. The van der Waals surface area contributed by atoms with Gasteiger partial charge in [0.25, 0.3) is 0 Å². The van der Waals surface area contributed by atoms with Gasteiger partial charge >= 0.3 is 6.03 Å². The van der Waals surface area contributed by atoms with Crippen molar-refractivity contribution in [1.29, 1.82) is 0 Å². The van der Waals surface area contributed by atoms with Crippen LogP contribution in [0.3, 0.4) is 0 Å². The first-order chi connectivity index (χ1) is 5.31. The van der Waals surface area contributed by atoms with Gasteiger partial charge in [-0.2, -0.15) is 0 Å². The van der Waals surface area contributed by atoms with E-state index in [4.69, 9.17) is 4.74 Å². The van der Waals surface area contributed by atoms with Crippen molar-refractivity contribution >= 4 is 6.03 Å². The molecule has 4 nitrogen and oxygen atoms in total. The Labute approximate surface area is 65.5 Å². The van der Waals surface area contributed by atoms with E-state index in [0.29, 0.717) is 12.1 Å². The van der Waals surface area contributed by atoms with Crippen molar-refractivity contribution in [3.05, 3.63) is 0 Å². The molecule has 2 aliphatic heterocycles. The summed E-state index contributed by atoms with van der Waals surface area (Å²) >= 11 is 0. The van der Waals surface area contributed by atoms with Crippen LogP contribution < -0.4 is 5.32 Å². The Kier molecular flexibility index (Phi) is 1.49. The minimum atomic E-state index is 0.0285. The molecule has 62 valence electrons. The number of carbonyl (C=O) groups is 1. The van der Waals surface area contributed by atoms with Crippen LogP contribution in [0.4, 0.5) is 4.79 Å². The zero-order chi connectivity index (χ0) is 7.84. The number of fused-ring (bicyclic) bond motifs is 2. The Morgan fingerprint density at radius 2 is 2.55 bits per heavy atom. The van der Waals surface area contributed by atoms with Gasteiger partial charge in [0.1, 0.15) is 0 Å². The van der Waals surface area contributed by atoms with Crippen LogP contribution in [0.2, 0.25) is 0 Å². The zero-order valence-electron chi connectivity index (χ0n) is 6.54. The number of urea groups is 1. The highest BCUT2D eigenvalue weighted by molar-refractivity contribution is 5.74. The molecule has 0 aliphatic carbocycles. The lowest BCUT2D eigenvalue weighted by Crippen LogP contribution is -2.45. The van der Waals surface area contributed by atoms with Crippen LogP contribution in [-0.2, 0) is 4.74 Å². The molecular formula is C7H12N2O2. The van der Waals surface area contributed by atoms with Crippen molar-refractivity contribution in [3.63, 3.8) is 0 Å². The van der Waals surface area contributed by atoms with E-state index in [1.807, 2.05) is 4.90 Å². The number of rotatable bonds is 0. The number of nitrogens with zero attached hydrogens (tertiary/aromatic N) is 1. The highest BCUT2D eigenvalue weighted by Crippen LogP contribution is 2.27. The number of likely N-dealkylation sites (tertiary alicyclic amines) is 1. The second-order valence-corrected chi connectivity index (χ2v) is 3.05. The molecule has 0 spiro atoms. The van der Waals surface area contributed by atoms with E-state index in [9.17, 15) is 4.79 Å². The van der Waals surface area contributed by atoms with E-state index in [1.54, 1.807) is 7.05 Å². The average molecular weight is 156 g/mol. The fourth-order valence-corrected chi connectivity index (χ4v) is 1.79. The normalized spacial score (nSPS) is 34.5. The summed E-state index contributed by atoms with van der Waals surface area (Å²) in [5.74, 6) is 0. The van der Waals surface area contributed by atoms with Crippen LogP contribution in [-0.4, -0.2) is 43.3 Å². The molecule has 2 rings (SSSR count). The second-order valence-electron chi connectivity index (χ2n) is 3.05. The van der Waals surface area contributed by atoms with Crippen molar-refractivity contribution in [2.45, 2.75) is 18.6 Å². The largest absolute Gasteiger partial charge is 0.374 e. The minimum Gasteiger partial charge on any atom is -0.374 e. The van der Waals surface area contributed by atoms with Gasteiger partial charge in [0.15, 0.2) is 0 Å². The van der Waals surface area contributed by atoms with Gasteiger partial charge in [-0.3, -0.25) is 0 Å². The molecule has 0 radical (unpaired) electrons. The van der Waals surface area contributed by atoms with Gasteiger partial charge in [0.2, 0.25) is 0 Å². The van der Waals surface area contributed by atoms with E-state index >= 15 is 0 Å². The van der Waals surface area contributed by atoms with Crippen LogP contribution in [0.25, 0.3) is 0 Å². The van der Waals surface area contributed by atoms with E-state index < -0.39 is 0 Å². The minimum absolute atomic E-state index is 0.0285. The van der Waals surface area contributed by atoms with Crippen LogP contribution in [0.1, 0.15) is 6.42 Å². The number of amides is 2. The monoisotopic (exact) mass is 156 g/mol. The van der Waals surface area contributed by atoms with Crippen LogP contribution in [0, 0.1) is 0 Å². The van der Waals surface area contributed by atoms with E-state index in [1.165, 1.54) is 0 Å². The number of morpholine rings is 1. The molecule has 0 aromatic rings. The number of nitrogens with one attached hydrogen (secondary N) is 1. The molecule has 2 atom stereocenters. The summed E-state index contributed by atoms with van der Waals surface area (Å²) in [5.41, 5.74) is 0. The summed E-state index contributed by atoms with van der Waals surface area (Å²) < 4.78 is 5.36. The Morgan fingerprint density at radius 3 is 3.00 bits per heavy atom. The fraction of sp³-hybridized carbons (Fsp3) is 0.857. The lowest BCUT2D eigenvalue weighted by atomic mass is 10.2. The molecule has 2 bridgehead atoms. The lowest BCUT2D eigenvalue weighted by Gasteiger charge is -2.26. The smallest absolute Gasteiger partial charge is 0.317 e. The first-order valence-corrected chi connectivity index (χ1v) is 3.91. The maximum Gasteiger partial charge on any atom is 0.317 e. The standard InChI is InChI=1S/C7H12N2O2/c1-8-7(10)9-3-6-2-5(9)4-11-6/h5-6H,2-4H2,1H3,(H,8,10). The van der Waals surface area contributed by atoms with Gasteiger partial charge < -0.3 is 15.0 Å². The van der Waals surface area contributed by atoms with Crippen LogP contribution >= 0.6 is 0 Å². The maximum atomic E-state index is 11.2. The van der Waals surface area contributed by atoms with Crippen molar-refractivity contribution in [1.82, 2.24) is 10.2 Å². The van der Waals surface area contributed by atoms with E-state index in [0.717, 1.165) is 19.6 Å². The number of carbonyl (C=O) groups excluding carboxylic acids is 1. The predicted molar refractivity (Wildman–Crippen MR) is 39.3 cm³/mol. The first-order valence-electron chi connectivity index (χ1n) is 3.91. The Hall–Kier alpha value is -0.770. The maximum absolute atomic E-state index is 11.2. The first kappa shape index (κ1) is 6.91. The Balaban J connectivity index is 2.02. The SMILES string of the molecule is CNC(=O)N1CC2CC1CO2. The summed E-state index contributed by atoms with van der Waals surface area (Å²) in [6.45, 7) is 1.49. The Morgan fingerprint density at radius 1 is 1.73 bits per heavy atom. The molecule has 0 aromatic carbocycles. The summed E-state index contributed by atoms with van der Waals surface area (Å²) in [7, 11) is 1.66. The van der Waals surface area contributed by atoms with Crippen molar-refractivity contribution in [2.24, 2.45) is 0 Å². The second kappa shape index (κ2) is 2.37. The summed E-state index contributed by atoms with van der Waals surface area (Å²) in [4.78, 5) is 13.0. The van der Waals surface area contributed by atoms with Crippen LogP contribution in [0.5, 0.6) is 0 Å². The molecule has 2 amide bonds. The Bertz CT molecular complexity index is 183. The lowest BCUT2D eigenvalue weighted by molar-refractivity contribution is 0.0450. The van der Waals surface area contributed by atoms with Crippen molar-refractivity contribution in [3.8, 4) is 0 Å². The molecule has 2 aliphatic rings.